The number of aromatic nitrogens is 1. The largest absolute Gasteiger partial charge is 0.497 e. The summed E-state index contributed by atoms with van der Waals surface area (Å²) in [7, 11) is -1.49. The second-order valence-electron chi connectivity index (χ2n) is 8.03. The number of hydrogen-bond donors (Lipinski definition) is 0. The van der Waals surface area contributed by atoms with Crippen molar-refractivity contribution in [3.63, 3.8) is 0 Å². The van der Waals surface area contributed by atoms with Gasteiger partial charge in [-0.25, -0.2) is 14.6 Å². The van der Waals surface area contributed by atoms with E-state index in [4.69, 9.17) is 41.3 Å². The van der Waals surface area contributed by atoms with E-state index in [9.17, 15) is 9.59 Å². The summed E-state index contributed by atoms with van der Waals surface area (Å²) >= 11 is 13.3. The van der Waals surface area contributed by atoms with Crippen molar-refractivity contribution in [1.29, 1.82) is 0 Å². The van der Waals surface area contributed by atoms with Gasteiger partial charge in [0.1, 0.15) is 5.75 Å². The van der Waals surface area contributed by atoms with Gasteiger partial charge in [-0.1, -0.05) is 36.2 Å². The summed E-state index contributed by atoms with van der Waals surface area (Å²) in [5.41, 5.74) is 1.69. The molecule has 2 aromatic carbocycles. The summed E-state index contributed by atoms with van der Waals surface area (Å²) < 4.78 is 16.7. The predicted molar refractivity (Wildman–Crippen MR) is 142 cm³/mol. The number of halogens is 2. The highest BCUT2D eigenvalue weighted by atomic mass is 35.5. The first-order valence-corrected chi connectivity index (χ1v) is 13.3. The second-order valence-corrected chi connectivity index (χ2v) is 11.2. The Bertz CT molecular complexity index is 1470. The van der Waals surface area contributed by atoms with Crippen LogP contribution in [0.15, 0.2) is 58.7 Å². The number of hydrogen-bond acceptors (Lipinski definition) is 8. The zero-order valence-electron chi connectivity index (χ0n) is 19.6. The van der Waals surface area contributed by atoms with E-state index in [0.29, 0.717) is 50.6 Å². The van der Waals surface area contributed by atoms with Gasteiger partial charge in [-0.05, 0) is 54.3 Å². The van der Waals surface area contributed by atoms with Crippen molar-refractivity contribution in [1.82, 2.24) is 4.98 Å². The van der Waals surface area contributed by atoms with Crippen LogP contribution >= 0.6 is 33.8 Å². The molecule has 0 bridgehead atoms. The Labute approximate surface area is 219 Å². The van der Waals surface area contributed by atoms with Crippen molar-refractivity contribution in [3.05, 3.63) is 69.3 Å². The zero-order chi connectivity index (χ0) is 25.6. The molecule has 1 spiro atoms. The Hall–Kier alpha value is -3.27. The van der Waals surface area contributed by atoms with Crippen LogP contribution in [0.5, 0.6) is 5.75 Å². The van der Waals surface area contributed by atoms with E-state index in [2.05, 4.69) is 4.98 Å². The maximum atomic E-state index is 12.4. The van der Waals surface area contributed by atoms with Crippen molar-refractivity contribution in [2.75, 3.05) is 18.6 Å². The average molecular weight is 546 g/mol. The molecule has 36 heavy (non-hydrogen) atoms. The lowest BCUT2D eigenvalue weighted by molar-refractivity contribution is -0.150. The minimum absolute atomic E-state index is 0.286. The van der Waals surface area contributed by atoms with Gasteiger partial charge in [0.05, 0.1) is 33.4 Å². The van der Waals surface area contributed by atoms with Crippen LogP contribution in [-0.2, 0) is 18.0 Å². The second kappa shape index (κ2) is 9.31. The lowest BCUT2D eigenvalue weighted by atomic mass is 10.1. The van der Waals surface area contributed by atoms with Gasteiger partial charge in [-0.15, -0.1) is 0 Å². The third-order valence-electron chi connectivity index (χ3n) is 5.86. The summed E-state index contributed by atoms with van der Waals surface area (Å²) in [5.74, 6) is -1.55. The van der Waals surface area contributed by atoms with Crippen molar-refractivity contribution < 1.29 is 22.7 Å². The maximum Gasteiger partial charge on any atom is 0.442 e. The first kappa shape index (κ1) is 24.4. The number of benzene rings is 2. The minimum atomic E-state index is -3.04. The summed E-state index contributed by atoms with van der Waals surface area (Å²) in [6, 6.07) is 10.7. The standard InChI is InChI=1S/C25H21Cl2N3O5S/c1-4-11-30(22-17-9-10-28-13-15(17)5-8-19(22)26)25-29-21(18-7-6-16(33-3)12-20(18)27)14(2)36(25)34-23(31)24(32)35-36/h5-10,12-13H,4,11H2,1-3H3. The number of fused-ring (bicyclic) bond motifs is 1. The first-order chi connectivity index (χ1) is 17.3. The van der Waals surface area contributed by atoms with Crippen molar-refractivity contribution in [2.24, 2.45) is 4.99 Å². The number of amidine groups is 1. The highest BCUT2D eigenvalue weighted by molar-refractivity contribution is 8.42. The van der Waals surface area contributed by atoms with E-state index in [1.54, 1.807) is 50.7 Å². The molecule has 0 saturated carbocycles. The Balaban J connectivity index is 1.76. The van der Waals surface area contributed by atoms with Gasteiger partial charge in [0.2, 0.25) is 5.17 Å². The smallest absolute Gasteiger partial charge is 0.442 e. The highest BCUT2D eigenvalue weighted by Gasteiger charge is 2.53. The number of allylic oxidation sites excluding steroid dienone is 1. The number of nitrogens with zero attached hydrogens (tertiary/aromatic N) is 3. The van der Waals surface area contributed by atoms with Crippen LogP contribution in [0.3, 0.4) is 0 Å². The number of carbonyl (C=O) groups is 2. The normalized spacial score (nSPS) is 17.3. The molecular formula is C25H21Cl2N3O5S. The first-order valence-electron chi connectivity index (χ1n) is 11.0. The topological polar surface area (TPSA) is 90.3 Å². The molecule has 2 aliphatic rings. The Morgan fingerprint density at radius 1 is 1.06 bits per heavy atom. The molecule has 0 N–H and O–H groups in total. The molecule has 1 fully saturated rings. The molecule has 0 amide bonds. The molecule has 0 atom stereocenters. The van der Waals surface area contributed by atoms with Gasteiger partial charge in [0, 0.05) is 35.3 Å². The Kier molecular flexibility index (Phi) is 6.32. The summed E-state index contributed by atoms with van der Waals surface area (Å²) in [4.78, 5) is 36.2. The van der Waals surface area contributed by atoms with Crippen LogP contribution in [0.1, 0.15) is 25.8 Å². The van der Waals surface area contributed by atoms with E-state index in [0.717, 1.165) is 10.8 Å². The van der Waals surface area contributed by atoms with Gasteiger partial charge in [0.15, 0.2) is 0 Å². The third kappa shape index (κ3) is 3.78. The van der Waals surface area contributed by atoms with E-state index >= 15 is 0 Å². The third-order valence-corrected chi connectivity index (χ3v) is 9.04. The number of anilines is 1. The molecule has 0 aliphatic carbocycles. The molecule has 0 radical (unpaired) electrons. The number of carbonyl (C=O) groups excluding carboxylic acids is 2. The fourth-order valence-corrected chi connectivity index (χ4v) is 7.08. The lowest BCUT2D eigenvalue weighted by Gasteiger charge is -2.38. The Morgan fingerprint density at radius 3 is 2.47 bits per heavy atom. The van der Waals surface area contributed by atoms with Crippen molar-refractivity contribution in [3.8, 4) is 5.75 Å². The molecule has 5 rings (SSSR count). The fraction of sp³-hybridized carbons (Fsp3) is 0.200. The average Bonchev–Trinajstić information content (AvgIpc) is 3.32. The number of aliphatic imine (C=N–C) groups is 1. The number of ether oxygens (including phenoxy) is 1. The molecule has 1 saturated heterocycles. The molecule has 186 valence electrons. The van der Waals surface area contributed by atoms with E-state index in [1.165, 1.54) is 0 Å². The SMILES string of the molecule is CCCN(C1=NC(c2ccc(OC)cc2Cl)=C(C)S12OC(=O)C(=O)O2)c1c(Cl)ccc2cnccc12. The van der Waals surface area contributed by atoms with Gasteiger partial charge >= 0.3 is 11.9 Å². The van der Waals surface area contributed by atoms with Gasteiger partial charge in [-0.3, -0.25) is 4.98 Å². The lowest BCUT2D eigenvalue weighted by Crippen LogP contribution is -2.35. The van der Waals surface area contributed by atoms with Crippen LogP contribution < -0.4 is 9.64 Å². The number of rotatable bonds is 5. The minimum Gasteiger partial charge on any atom is -0.497 e. The fourth-order valence-electron chi connectivity index (χ4n) is 4.19. The van der Waals surface area contributed by atoms with E-state index in [1.807, 2.05) is 24.0 Å². The van der Waals surface area contributed by atoms with Crippen molar-refractivity contribution >= 4 is 73.1 Å². The summed E-state index contributed by atoms with van der Waals surface area (Å²) in [5, 5.41) is 2.82. The molecule has 8 nitrogen and oxygen atoms in total. The molecule has 3 heterocycles. The monoisotopic (exact) mass is 545 g/mol. The number of pyridine rings is 1. The molecule has 11 heteroatoms. The van der Waals surface area contributed by atoms with E-state index < -0.39 is 22.5 Å². The quantitative estimate of drug-likeness (QED) is 0.349. The van der Waals surface area contributed by atoms with Crippen LogP contribution in [0.2, 0.25) is 10.0 Å². The molecule has 2 aliphatic heterocycles. The van der Waals surface area contributed by atoms with Gasteiger partial charge in [-0.2, -0.15) is 0 Å². The highest BCUT2D eigenvalue weighted by Crippen LogP contribution is 2.68. The predicted octanol–water partition coefficient (Wildman–Crippen LogP) is 6.26. The van der Waals surface area contributed by atoms with Crippen LogP contribution in [0, 0.1) is 0 Å². The van der Waals surface area contributed by atoms with E-state index in [-0.39, 0.29) is 5.17 Å². The number of methoxy groups -OCH3 is 1. The summed E-state index contributed by atoms with van der Waals surface area (Å²) in [6.45, 7) is 4.19. The Morgan fingerprint density at radius 2 is 1.81 bits per heavy atom. The van der Waals surface area contributed by atoms with Crippen LogP contribution in [0.4, 0.5) is 5.69 Å². The summed E-state index contributed by atoms with van der Waals surface area (Å²) in [6.07, 6.45) is 4.11. The zero-order valence-corrected chi connectivity index (χ0v) is 21.9. The van der Waals surface area contributed by atoms with Gasteiger partial charge in [0.25, 0.3) is 0 Å². The van der Waals surface area contributed by atoms with Crippen molar-refractivity contribution in [2.45, 2.75) is 20.3 Å². The molecule has 1 aromatic heterocycles. The molecule has 0 unspecified atom stereocenters. The maximum absolute atomic E-state index is 12.4. The van der Waals surface area contributed by atoms with Crippen LogP contribution in [0.25, 0.3) is 16.5 Å². The molecule has 3 aromatic rings. The molecular weight excluding hydrogens is 525 g/mol. The van der Waals surface area contributed by atoms with Gasteiger partial charge < -0.3 is 18.0 Å². The van der Waals surface area contributed by atoms with Crippen LogP contribution in [-0.4, -0.2) is 35.7 Å².